The molecule has 0 spiro atoms. The number of halogens is 1. The number of nitrogens with zero attached hydrogens (tertiary/aromatic N) is 4. The van der Waals surface area contributed by atoms with Gasteiger partial charge in [0.25, 0.3) is 0 Å². The number of rotatable bonds is 4. The fourth-order valence-electron chi connectivity index (χ4n) is 9.86. The van der Waals surface area contributed by atoms with Crippen molar-refractivity contribution >= 4 is 69.0 Å². The van der Waals surface area contributed by atoms with Gasteiger partial charge in [0.1, 0.15) is 0 Å². The molecule has 8 bridgehead atoms. The van der Waals surface area contributed by atoms with Crippen LogP contribution in [0.1, 0.15) is 181 Å². The fraction of sp³-hybridized carbons (Fsp3) is 0.353. The van der Waals surface area contributed by atoms with Gasteiger partial charge in [-0.05, 0) is 175 Å². The molecule has 2 aliphatic heterocycles. The Morgan fingerprint density at radius 3 is 0.960 bits per heavy atom. The van der Waals surface area contributed by atoms with E-state index in [2.05, 4.69) is 263 Å². The fourth-order valence-corrected chi connectivity index (χ4v) is 10.2. The van der Waals surface area contributed by atoms with E-state index in [1.165, 1.54) is 33.4 Å². The van der Waals surface area contributed by atoms with Crippen molar-refractivity contribution in [3.63, 3.8) is 0 Å². The Labute approximate surface area is 471 Å². The van der Waals surface area contributed by atoms with Gasteiger partial charge in [-0.25, -0.2) is 9.97 Å². The second-order valence-electron chi connectivity index (χ2n) is 26.9. The van der Waals surface area contributed by atoms with Gasteiger partial charge in [-0.1, -0.05) is 209 Å². The second kappa shape index (κ2) is 19.5. The Kier molecular flexibility index (Phi) is 14.5. The van der Waals surface area contributed by atoms with Crippen molar-refractivity contribution in [2.45, 2.75) is 157 Å². The quantitative estimate of drug-likeness (QED) is 0.140. The summed E-state index contributed by atoms with van der Waals surface area (Å²) in [6.07, 6.45) is 8.49. The average molecular weight is 1150 g/mol. The molecule has 2 aliphatic rings. The number of hydrogen-bond acceptors (Lipinski definition) is 3. The minimum absolute atomic E-state index is 0. The maximum atomic E-state index is 12.6. The number of aromatic nitrogens is 4. The first-order valence-electron chi connectivity index (χ1n) is 26.3. The van der Waals surface area contributed by atoms with E-state index in [1.807, 2.05) is 6.07 Å². The molecule has 9 rings (SSSR count). The Morgan fingerprint density at radius 1 is 0.347 bits per heavy atom. The van der Waals surface area contributed by atoms with Crippen LogP contribution in [-0.2, 0) is 49.6 Å². The molecule has 5 nitrogen and oxygen atoms in total. The van der Waals surface area contributed by atoms with Crippen molar-refractivity contribution in [3.05, 3.63) is 157 Å². The normalized spacial score (nSPS) is 13.4. The first-order valence-corrected chi connectivity index (χ1v) is 27.4. The molecule has 0 amide bonds. The van der Waals surface area contributed by atoms with Crippen molar-refractivity contribution in [2.75, 3.05) is 0 Å². The summed E-state index contributed by atoms with van der Waals surface area (Å²) in [6, 6.07) is 35.6. The van der Waals surface area contributed by atoms with Crippen molar-refractivity contribution < 1.29 is 22.2 Å². The molecule has 0 fully saturated rings. The van der Waals surface area contributed by atoms with E-state index in [-0.39, 0.29) is 55.3 Å². The largest absolute Gasteiger partial charge is 2.00 e. The van der Waals surface area contributed by atoms with Crippen LogP contribution in [0.3, 0.4) is 0 Å². The third-order valence-corrected chi connectivity index (χ3v) is 15.4. The van der Waals surface area contributed by atoms with Gasteiger partial charge < -0.3 is 15.1 Å². The molecule has 0 saturated carbocycles. The maximum absolute atomic E-state index is 12.6. The molecule has 3 aromatic heterocycles. The second-order valence-corrected chi connectivity index (χ2v) is 28.2. The zero-order chi connectivity index (χ0) is 53.8. The van der Waals surface area contributed by atoms with Crippen LogP contribution in [0, 0.1) is 3.57 Å². The van der Waals surface area contributed by atoms with Crippen LogP contribution in [0.25, 0.3) is 90.9 Å². The Hall–Kier alpha value is -5.47. The summed E-state index contributed by atoms with van der Waals surface area (Å²) in [6.45, 7) is 41.0. The minimum Gasteiger partial charge on any atom is -0.657 e. The van der Waals surface area contributed by atoms with Crippen LogP contribution < -0.4 is 9.97 Å². The number of aromatic hydroxyl groups is 1. The topological polar surface area (TPSA) is 74.2 Å². The monoisotopic (exact) mass is 1150 g/mol. The molecule has 0 aliphatic carbocycles. The summed E-state index contributed by atoms with van der Waals surface area (Å²) in [4.78, 5) is 22.6. The van der Waals surface area contributed by atoms with Crippen LogP contribution >= 0.6 is 22.6 Å². The molecule has 5 heterocycles. The molecular weight excluding hydrogens is 1080 g/mol. The van der Waals surface area contributed by atoms with Gasteiger partial charge in [-0.3, -0.25) is 0 Å². The molecule has 4 aromatic carbocycles. The van der Waals surface area contributed by atoms with Crippen molar-refractivity contribution in [2.24, 2.45) is 0 Å². The Morgan fingerprint density at radius 2 is 0.640 bits per heavy atom. The van der Waals surface area contributed by atoms with Gasteiger partial charge in [0.15, 0.2) is 0 Å². The van der Waals surface area contributed by atoms with Gasteiger partial charge >= 0.3 is 17.1 Å². The van der Waals surface area contributed by atoms with E-state index in [9.17, 15) is 5.11 Å². The number of benzene rings is 4. The summed E-state index contributed by atoms with van der Waals surface area (Å²) in [5.41, 5.74) is 19.9. The van der Waals surface area contributed by atoms with E-state index < -0.39 is 0 Å². The summed E-state index contributed by atoms with van der Waals surface area (Å²) >= 11 is 2.36. The van der Waals surface area contributed by atoms with E-state index in [0.717, 1.165) is 81.9 Å². The molecule has 7 aromatic rings. The number of fused-ring (bicyclic) bond motifs is 8. The van der Waals surface area contributed by atoms with Crippen LogP contribution in [0.15, 0.2) is 97.1 Å². The SMILES string of the molecule is CC(C)(C)c1cc(-c2c3nc(c(-c4ccc(I)cc4)c4cc(O)c([n-]4)c(-c4cc(C(C)(C)C)cc(C(C)(C)C)c4)c4nc(c(-c5cc(C(C)(C)C)cc(C(C)(C)C)c5)c5ccc2[n-]5)C=C4)C=C3)cc(C(C)(C)C)c1.[Cu+2]. The maximum Gasteiger partial charge on any atom is 2.00 e. The van der Waals surface area contributed by atoms with Gasteiger partial charge in [0.2, 0.25) is 0 Å². The van der Waals surface area contributed by atoms with Gasteiger partial charge in [0.05, 0.1) is 28.5 Å². The minimum atomic E-state index is -0.164. The zero-order valence-corrected chi connectivity index (χ0v) is 50.6. The van der Waals surface area contributed by atoms with Crippen LogP contribution in [0.5, 0.6) is 5.75 Å². The predicted octanol–water partition coefficient (Wildman–Crippen LogP) is 18.7. The Balaban J connectivity index is 0.00000747. The molecule has 0 unspecified atom stereocenters. The summed E-state index contributed by atoms with van der Waals surface area (Å²) in [5.74, 6) is 0.0805. The number of hydrogen-bond donors (Lipinski definition) is 1. The molecule has 391 valence electrons. The first kappa shape index (κ1) is 55.8. The van der Waals surface area contributed by atoms with Crippen molar-refractivity contribution in [1.29, 1.82) is 0 Å². The van der Waals surface area contributed by atoms with Crippen LogP contribution in [0.4, 0.5) is 0 Å². The zero-order valence-electron chi connectivity index (χ0n) is 47.5. The summed E-state index contributed by atoms with van der Waals surface area (Å²) in [7, 11) is 0. The van der Waals surface area contributed by atoms with Gasteiger partial charge in [0, 0.05) is 3.57 Å². The van der Waals surface area contributed by atoms with Crippen molar-refractivity contribution in [3.8, 4) is 50.3 Å². The molecule has 75 heavy (non-hydrogen) atoms. The van der Waals surface area contributed by atoms with Crippen LogP contribution in [0.2, 0.25) is 0 Å². The first-order chi connectivity index (χ1) is 34.2. The molecule has 0 saturated heterocycles. The molecule has 1 radical (unpaired) electrons. The molecule has 7 heteroatoms. The van der Waals surface area contributed by atoms with E-state index in [1.54, 1.807) is 0 Å². The molecule has 1 N–H and O–H groups in total. The third-order valence-electron chi connectivity index (χ3n) is 14.7. The smallest absolute Gasteiger partial charge is 0.657 e. The Bertz CT molecular complexity index is 3520. The predicted molar refractivity (Wildman–Crippen MR) is 325 cm³/mol. The standard InChI is InChI=1S/C68H75IN4O.Cu/c1-63(2,3)43-29-40(30-44(35-43)64(4,5)6)59-51-24-23-50(70-51)58(39-19-21-49(69)22-20-39)56-38-57(74)62(73-56)61(42-33-47(67(13,14)15)37-48(34-42)68(16,17)18)55-28-27-54(72-55)60(53-26-25-52(59)71-53)41-31-45(65(7,8)9)36-46(32-41)66(10,11)12;/h19-38H,1-18H3,(H-2,70,71,72,73,74);/q-2;+2. The van der Waals surface area contributed by atoms with E-state index >= 15 is 0 Å². The van der Waals surface area contributed by atoms with Gasteiger partial charge in [-0.2, -0.15) is 0 Å². The average Bonchev–Trinajstić information content (AvgIpc) is 4.13. The molecular formula is C68H75CuIN4O. The van der Waals surface area contributed by atoms with E-state index in [4.69, 9.17) is 19.9 Å². The van der Waals surface area contributed by atoms with Gasteiger partial charge in [-0.15, -0.1) is 16.6 Å². The third kappa shape index (κ3) is 11.3. The van der Waals surface area contributed by atoms with Crippen molar-refractivity contribution in [1.82, 2.24) is 19.9 Å². The van der Waals surface area contributed by atoms with E-state index in [0.29, 0.717) is 11.0 Å². The molecule has 0 atom stereocenters. The summed E-state index contributed by atoms with van der Waals surface area (Å²) in [5, 5.41) is 12.6. The van der Waals surface area contributed by atoms with Crippen LogP contribution in [-0.4, -0.2) is 15.1 Å². The summed E-state index contributed by atoms with van der Waals surface area (Å²) < 4.78 is 1.12.